The van der Waals surface area contributed by atoms with Gasteiger partial charge < -0.3 is 24.3 Å². The van der Waals surface area contributed by atoms with Gasteiger partial charge in [-0.2, -0.15) is 15.2 Å². The number of hydrogen-bond donors (Lipinski definition) is 0. The highest BCUT2D eigenvalue weighted by Crippen LogP contribution is 2.49. The van der Waals surface area contributed by atoms with Crippen molar-refractivity contribution in [3.8, 4) is 12.1 Å². The van der Waals surface area contributed by atoms with Crippen LogP contribution in [0, 0.1) is 18.3 Å². The normalized spacial score (nSPS) is 21.4. The van der Waals surface area contributed by atoms with Crippen molar-refractivity contribution in [2.24, 2.45) is 0 Å². The second-order valence-corrected chi connectivity index (χ2v) is 17.4. The van der Waals surface area contributed by atoms with E-state index in [0.29, 0.717) is 51.4 Å². The quantitative estimate of drug-likeness (QED) is 0.0970. The van der Waals surface area contributed by atoms with Crippen LogP contribution in [0.25, 0.3) is 10.8 Å². The Hall–Kier alpha value is -6.28. The minimum atomic E-state index is -0.668. The molecule has 3 fully saturated rings. The minimum absolute atomic E-state index is 0.0764. The number of piperazine rings is 1. The fraction of sp³-hybridized carbons (Fsp3) is 0.346. The van der Waals surface area contributed by atoms with E-state index in [0.717, 1.165) is 66.1 Å². The van der Waals surface area contributed by atoms with Gasteiger partial charge in [0.15, 0.2) is 0 Å². The van der Waals surface area contributed by atoms with E-state index in [9.17, 15) is 10.1 Å². The van der Waals surface area contributed by atoms with Crippen molar-refractivity contribution in [2.75, 3.05) is 62.7 Å². The molecule has 4 aliphatic rings. The number of aromatic nitrogens is 2. The lowest BCUT2D eigenvalue weighted by Crippen LogP contribution is -2.57. The molecule has 4 aliphatic heterocycles. The summed E-state index contributed by atoms with van der Waals surface area (Å²) in [6.07, 6.45) is 3.26. The monoisotopic (exact) mass is 822 g/mol. The molecule has 1 aromatic heterocycles. The zero-order chi connectivity index (χ0) is 42.2. The van der Waals surface area contributed by atoms with Crippen molar-refractivity contribution in [3.63, 3.8) is 0 Å². The smallest absolute Gasteiger partial charge is 0.318 e. The molecule has 0 saturated carbocycles. The van der Waals surface area contributed by atoms with Gasteiger partial charge in [-0.3, -0.25) is 9.69 Å². The standard InChI is InChI=1S/C52H54N8O2/c1-37-15-12-16-38-17-13-25-46(48(37)38)57-30-27-44-45(34-57)54-51(62-36-43-24-14-29-56(43)2)55-49(44)58-31-32-59(42(33-58)26-28-53)50(61)47-35-60(47)52(39-18-6-3-7-19-39,40-20-8-4-9-21-40)41-22-10-5-11-23-41/h3-13,15-23,25,42-43,47H,14,24,26-27,29-36H2,1-2H3/t42-,43-,47?,60?/m0/s1. The lowest BCUT2D eigenvalue weighted by atomic mass is 9.76. The van der Waals surface area contributed by atoms with E-state index in [-0.39, 0.29) is 24.4 Å². The van der Waals surface area contributed by atoms with Crippen LogP contribution in [-0.2, 0) is 23.3 Å². The number of likely N-dealkylation sites (tertiary alicyclic amines) is 1. The second-order valence-electron chi connectivity index (χ2n) is 17.4. The van der Waals surface area contributed by atoms with Crippen LogP contribution in [-0.4, -0.2) is 102 Å². The second kappa shape index (κ2) is 16.9. The number of nitrogens with zero attached hydrogens (tertiary/aromatic N) is 8. The van der Waals surface area contributed by atoms with Crippen molar-refractivity contribution >= 4 is 28.2 Å². The molecule has 10 heteroatoms. The predicted octanol–water partition coefficient (Wildman–Crippen LogP) is 7.58. The molecule has 62 heavy (non-hydrogen) atoms. The zero-order valence-electron chi connectivity index (χ0n) is 35.7. The lowest BCUT2D eigenvalue weighted by molar-refractivity contribution is -0.134. The van der Waals surface area contributed by atoms with E-state index < -0.39 is 5.54 Å². The average molecular weight is 823 g/mol. The molecule has 5 heterocycles. The Kier molecular flexibility index (Phi) is 10.8. The van der Waals surface area contributed by atoms with E-state index in [2.05, 4.69) is 149 Å². The first kappa shape index (κ1) is 39.8. The van der Waals surface area contributed by atoms with Crippen molar-refractivity contribution < 1.29 is 9.53 Å². The lowest BCUT2D eigenvalue weighted by Gasteiger charge is -2.43. The summed E-state index contributed by atoms with van der Waals surface area (Å²) in [5, 5.41) is 12.8. The van der Waals surface area contributed by atoms with Crippen LogP contribution in [0.2, 0.25) is 0 Å². The molecule has 5 aromatic carbocycles. The maximum Gasteiger partial charge on any atom is 0.318 e. The number of carbonyl (C=O) groups excluding carboxylic acids is 1. The van der Waals surface area contributed by atoms with E-state index in [1.165, 1.54) is 22.0 Å². The number of aryl methyl sites for hydroxylation is 1. The van der Waals surface area contributed by atoms with E-state index >= 15 is 0 Å². The summed E-state index contributed by atoms with van der Waals surface area (Å²) in [6.45, 7) is 7.47. The first-order valence-corrected chi connectivity index (χ1v) is 22.3. The van der Waals surface area contributed by atoms with Crippen LogP contribution in [0.5, 0.6) is 6.01 Å². The average Bonchev–Trinajstić information content (AvgIpc) is 4.01. The fourth-order valence-electron chi connectivity index (χ4n) is 10.6. The van der Waals surface area contributed by atoms with Gasteiger partial charge in [-0.15, -0.1) is 0 Å². The zero-order valence-corrected chi connectivity index (χ0v) is 35.7. The Morgan fingerprint density at radius 2 is 1.45 bits per heavy atom. The number of rotatable bonds is 11. The van der Waals surface area contributed by atoms with Crippen molar-refractivity contribution in [1.82, 2.24) is 24.7 Å². The van der Waals surface area contributed by atoms with E-state index in [4.69, 9.17) is 14.7 Å². The highest BCUT2D eigenvalue weighted by molar-refractivity contribution is 5.97. The minimum Gasteiger partial charge on any atom is -0.462 e. The number of carbonyl (C=O) groups is 1. The van der Waals surface area contributed by atoms with Gasteiger partial charge in [0, 0.05) is 55.4 Å². The molecular formula is C52H54N8O2. The SMILES string of the molecule is Cc1cccc2cccc(N3CCc4c(nc(OC[C@@H]5CCCN5C)nc4N4CCN(C(=O)C5CN5C(c5ccccc5)(c5ccccc5)c5ccccc5)[C@@H](CC#N)C4)C3)c12. The van der Waals surface area contributed by atoms with Crippen LogP contribution in [0.4, 0.5) is 11.5 Å². The Labute approximate surface area is 365 Å². The topological polar surface area (TPSA) is 91.8 Å². The van der Waals surface area contributed by atoms with Gasteiger partial charge in [0.05, 0.1) is 36.3 Å². The summed E-state index contributed by atoms with van der Waals surface area (Å²) >= 11 is 0. The maximum atomic E-state index is 15.0. The molecule has 0 N–H and O–H groups in total. The van der Waals surface area contributed by atoms with Gasteiger partial charge in [0.25, 0.3) is 0 Å². The first-order valence-electron chi connectivity index (χ1n) is 22.3. The molecule has 4 atom stereocenters. The Bertz CT molecular complexity index is 2500. The first-order chi connectivity index (χ1) is 30.4. The molecule has 0 spiro atoms. The molecule has 6 aromatic rings. The molecule has 0 radical (unpaired) electrons. The number of hydrogen-bond acceptors (Lipinski definition) is 9. The van der Waals surface area contributed by atoms with Gasteiger partial charge >= 0.3 is 6.01 Å². The third-order valence-electron chi connectivity index (χ3n) is 13.8. The summed E-state index contributed by atoms with van der Waals surface area (Å²) in [7, 11) is 2.16. The number of fused-ring (bicyclic) bond motifs is 2. The van der Waals surface area contributed by atoms with Gasteiger partial charge in [-0.05, 0) is 73.5 Å². The number of benzene rings is 5. The summed E-state index contributed by atoms with van der Waals surface area (Å²) in [5.74, 6) is 0.949. The van der Waals surface area contributed by atoms with Gasteiger partial charge in [0.2, 0.25) is 5.91 Å². The van der Waals surface area contributed by atoms with E-state index in [1.54, 1.807) is 0 Å². The Morgan fingerprint density at radius 1 is 0.774 bits per heavy atom. The van der Waals surface area contributed by atoms with Gasteiger partial charge in [-0.1, -0.05) is 121 Å². The van der Waals surface area contributed by atoms with Crippen LogP contribution in [0.1, 0.15) is 52.8 Å². The highest BCUT2D eigenvalue weighted by atomic mass is 16.5. The molecule has 3 saturated heterocycles. The fourth-order valence-corrected chi connectivity index (χ4v) is 10.6. The number of anilines is 2. The molecule has 2 unspecified atom stereocenters. The largest absolute Gasteiger partial charge is 0.462 e. The summed E-state index contributed by atoms with van der Waals surface area (Å²) in [4.78, 5) is 36.7. The molecule has 10 rings (SSSR count). The van der Waals surface area contributed by atoms with E-state index in [1.807, 2.05) is 23.1 Å². The van der Waals surface area contributed by atoms with Crippen LogP contribution >= 0.6 is 0 Å². The summed E-state index contributed by atoms with van der Waals surface area (Å²) in [5.41, 5.74) is 7.26. The molecule has 10 nitrogen and oxygen atoms in total. The Morgan fingerprint density at radius 3 is 2.10 bits per heavy atom. The molecule has 1 amide bonds. The number of amides is 1. The molecule has 0 bridgehead atoms. The summed E-state index contributed by atoms with van der Waals surface area (Å²) < 4.78 is 6.48. The third kappa shape index (κ3) is 7.23. The number of ether oxygens (including phenoxy) is 1. The van der Waals surface area contributed by atoms with Crippen LogP contribution < -0.4 is 14.5 Å². The third-order valence-corrected chi connectivity index (χ3v) is 13.8. The highest BCUT2D eigenvalue weighted by Gasteiger charge is 2.57. The number of likely N-dealkylation sites (N-methyl/N-ethyl adjacent to an activating group) is 1. The molecular weight excluding hydrogens is 769 g/mol. The molecule has 0 aliphatic carbocycles. The van der Waals surface area contributed by atoms with Gasteiger partial charge in [0.1, 0.15) is 18.5 Å². The Balaban J connectivity index is 0.951. The van der Waals surface area contributed by atoms with Crippen molar-refractivity contribution in [3.05, 3.63) is 161 Å². The maximum absolute atomic E-state index is 15.0. The van der Waals surface area contributed by atoms with Crippen LogP contribution in [0.3, 0.4) is 0 Å². The molecule has 314 valence electrons. The summed E-state index contributed by atoms with van der Waals surface area (Å²) in [6, 6.07) is 47.2. The van der Waals surface area contributed by atoms with Crippen molar-refractivity contribution in [2.45, 2.75) is 62.8 Å². The van der Waals surface area contributed by atoms with Gasteiger partial charge in [-0.25, -0.2) is 0 Å². The number of nitriles is 1. The van der Waals surface area contributed by atoms with Crippen molar-refractivity contribution in [1.29, 1.82) is 5.26 Å². The predicted molar refractivity (Wildman–Crippen MR) is 244 cm³/mol. The van der Waals surface area contributed by atoms with Crippen LogP contribution in [0.15, 0.2) is 127 Å².